The summed E-state index contributed by atoms with van der Waals surface area (Å²) >= 11 is 26.0. The first-order valence-electron chi connectivity index (χ1n) is 8.28. The third kappa shape index (κ3) is 4.84. The van der Waals surface area contributed by atoms with E-state index in [4.69, 9.17) is 46.4 Å². The van der Waals surface area contributed by atoms with E-state index in [1.807, 2.05) is 30.8 Å². The molecule has 2 heterocycles. The maximum absolute atomic E-state index is 12.7. The highest BCUT2D eigenvalue weighted by Crippen LogP contribution is 2.36. The van der Waals surface area contributed by atoms with Crippen molar-refractivity contribution in [2.24, 2.45) is 0 Å². The fourth-order valence-corrected chi connectivity index (χ4v) is 4.60. The second kappa shape index (κ2) is 9.21. The van der Waals surface area contributed by atoms with Crippen LogP contribution in [0.3, 0.4) is 0 Å². The molecule has 4 nitrogen and oxygen atoms in total. The maximum atomic E-state index is 12.7. The van der Waals surface area contributed by atoms with E-state index in [0.717, 1.165) is 36.7 Å². The largest absolute Gasteiger partial charge is 0.320 e. The molecule has 0 bridgehead atoms. The van der Waals surface area contributed by atoms with Crippen LogP contribution in [0.5, 0.6) is 0 Å². The van der Waals surface area contributed by atoms with Crippen LogP contribution in [0.25, 0.3) is 0 Å². The zero-order chi connectivity index (χ0) is 19.6. The number of rotatable bonds is 4. The van der Waals surface area contributed by atoms with E-state index >= 15 is 0 Å². The SMILES string of the molecule is Cc1c(CN2CCSCC2)cccc1NC(=O)c1nc(Cl)c(Cl)c(Cl)c1Cl. The van der Waals surface area contributed by atoms with Crippen LogP contribution >= 0.6 is 58.2 Å². The lowest BCUT2D eigenvalue weighted by molar-refractivity contribution is 0.102. The zero-order valence-corrected chi connectivity index (χ0v) is 18.3. The summed E-state index contributed by atoms with van der Waals surface area (Å²) in [4.78, 5) is 19.1. The lowest BCUT2D eigenvalue weighted by atomic mass is 10.1. The summed E-state index contributed by atoms with van der Waals surface area (Å²) in [5.41, 5.74) is 2.81. The Hall–Kier alpha value is -0.690. The molecule has 1 fully saturated rings. The van der Waals surface area contributed by atoms with E-state index in [2.05, 4.69) is 21.3 Å². The van der Waals surface area contributed by atoms with Gasteiger partial charge in [0, 0.05) is 36.8 Å². The van der Waals surface area contributed by atoms with Crippen molar-refractivity contribution in [2.75, 3.05) is 29.9 Å². The van der Waals surface area contributed by atoms with Gasteiger partial charge in [0.15, 0.2) is 0 Å². The second-order valence-electron chi connectivity index (χ2n) is 6.13. The summed E-state index contributed by atoms with van der Waals surface area (Å²) in [6.07, 6.45) is 0. The molecular formula is C18H17Cl4N3OS. The molecule has 0 spiro atoms. The molecule has 144 valence electrons. The Morgan fingerprint density at radius 3 is 2.56 bits per heavy atom. The Kier molecular flexibility index (Phi) is 7.17. The first-order chi connectivity index (χ1) is 12.9. The average molecular weight is 465 g/mol. The Labute approximate surface area is 182 Å². The second-order valence-corrected chi connectivity index (χ2v) is 8.84. The van der Waals surface area contributed by atoms with Gasteiger partial charge in [-0.05, 0) is 24.1 Å². The average Bonchev–Trinajstić information content (AvgIpc) is 2.67. The summed E-state index contributed by atoms with van der Waals surface area (Å²) in [6, 6.07) is 5.84. The highest BCUT2D eigenvalue weighted by molar-refractivity contribution is 7.99. The number of amides is 1. The van der Waals surface area contributed by atoms with Gasteiger partial charge < -0.3 is 5.32 Å². The molecule has 9 heteroatoms. The van der Waals surface area contributed by atoms with Gasteiger partial charge in [0.05, 0.1) is 15.1 Å². The molecule has 0 radical (unpaired) electrons. The van der Waals surface area contributed by atoms with Crippen molar-refractivity contribution >= 4 is 69.8 Å². The van der Waals surface area contributed by atoms with Crippen LogP contribution in [0.4, 0.5) is 5.69 Å². The molecule has 1 aliphatic rings. The third-order valence-electron chi connectivity index (χ3n) is 4.39. The number of thioether (sulfide) groups is 1. The van der Waals surface area contributed by atoms with Gasteiger partial charge in [0.25, 0.3) is 5.91 Å². The molecule has 0 aliphatic carbocycles. The molecule has 0 saturated carbocycles. The Balaban J connectivity index is 1.81. The number of carbonyl (C=O) groups is 1. The molecule has 1 aromatic carbocycles. The fraction of sp³-hybridized carbons (Fsp3) is 0.333. The number of anilines is 1. The van der Waals surface area contributed by atoms with Crippen LogP contribution in [-0.4, -0.2) is 40.4 Å². The van der Waals surface area contributed by atoms with Crippen LogP contribution in [0, 0.1) is 6.92 Å². The van der Waals surface area contributed by atoms with Crippen molar-refractivity contribution < 1.29 is 4.79 Å². The minimum absolute atomic E-state index is 0.0110. The van der Waals surface area contributed by atoms with Gasteiger partial charge in [-0.1, -0.05) is 58.5 Å². The van der Waals surface area contributed by atoms with Gasteiger partial charge >= 0.3 is 0 Å². The van der Waals surface area contributed by atoms with Crippen LogP contribution in [-0.2, 0) is 6.54 Å². The molecule has 1 saturated heterocycles. The number of carbonyl (C=O) groups excluding carboxylic acids is 1. The van der Waals surface area contributed by atoms with Gasteiger partial charge in [-0.3, -0.25) is 9.69 Å². The highest BCUT2D eigenvalue weighted by atomic mass is 35.5. The predicted molar refractivity (Wildman–Crippen MR) is 116 cm³/mol. The van der Waals surface area contributed by atoms with E-state index in [9.17, 15) is 4.79 Å². The van der Waals surface area contributed by atoms with E-state index in [1.165, 1.54) is 5.56 Å². The predicted octanol–water partition coefficient (Wildman–Crippen LogP) is 5.80. The maximum Gasteiger partial charge on any atom is 0.275 e. The molecule has 3 rings (SSSR count). The summed E-state index contributed by atoms with van der Waals surface area (Å²) in [6.45, 7) is 4.98. The third-order valence-corrected chi connectivity index (χ3v) is 7.01. The number of nitrogens with zero attached hydrogens (tertiary/aromatic N) is 2. The van der Waals surface area contributed by atoms with E-state index < -0.39 is 5.91 Å². The Bertz CT molecular complexity index is 872. The topological polar surface area (TPSA) is 45.2 Å². The van der Waals surface area contributed by atoms with Crippen molar-refractivity contribution in [3.63, 3.8) is 0 Å². The number of hydrogen-bond acceptors (Lipinski definition) is 4. The van der Waals surface area contributed by atoms with E-state index in [-0.39, 0.29) is 25.9 Å². The minimum atomic E-state index is -0.491. The quantitative estimate of drug-likeness (QED) is 0.580. The molecule has 2 aromatic rings. The normalized spacial score (nSPS) is 15.0. The molecule has 1 aromatic heterocycles. The number of nitrogens with one attached hydrogen (secondary N) is 1. The fourth-order valence-electron chi connectivity index (χ4n) is 2.81. The smallest absolute Gasteiger partial charge is 0.275 e. The van der Waals surface area contributed by atoms with Gasteiger partial charge in [-0.2, -0.15) is 11.8 Å². The lowest BCUT2D eigenvalue weighted by Crippen LogP contribution is -2.32. The molecule has 0 atom stereocenters. The summed E-state index contributed by atoms with van der Waals surface area (Å²) in [5.74, 6) is 1.81. The first kappa shape index (κ1) is 21.0. The van der Waals surface area contributed by atoms with Crippen molar-refractivity contribution in [3.8, 4) is 0 Å². The molecule has 0 unspecified atom stereocenters. The van der Waals surface area contributed by atoms with Crippen LogP contribution in [0.1, 0.15) is 21.6 Å². The Morgan fingerprint density at radius 2 is 1.85 bits per heavy atom. The van der Waals surface area contributed by atoms with E-state index in [1.54, 1.807) is 0 Å². The van der Waals surface area contributed by atoms with Crippen molar-refractivity contribution in [3.05, 3.63) is 55.2 Å². The highest BCUT2D eigenvalue weighted by Gasteiger charge is 2.21. The summed E-state index contributed by atoms with van der Waals surface area (Å²) in [7, 11) is 0. The summed E-state index contributed by atoms with van der Waals surface area (Å²) < 4.78 is 0. The Morgan fingerprint density at radius 1 is 1.15 bits per heavy atom. The van der Waals surface area contributed by atoms with E-state index in [0.29, 0.717) is 5.69 Å². The van der Waals surface area contributed by atoms with Crippen LogP contribution < -0.4 is 5.32 Å². The first-order valence-corrected chi connectivity index (χ1v) is 10.9. The van der Waals surface area contributed by atoms with Crippen LogP contribution in [0.2, 0.25) is 20.2 Å². The van der Waals surface area contributed by atoms with Gasteiger partial charge in [-0.15, -0.1) is 0 Å². The molecular weight excluding hydrogens is 448 g/mol. The van der Waals surface area contributed by atoms with Crippen molar-refractivity contribution in [1.82, 2.24) is 9.88 Å². The minimum Gasteiger partial charge on any atom is -0.320 e. The molecule has 27 heavy (non-hydrogen) atoms. The summed E-state index contributed by atoms with van der Waals surface area (Å²) in [5, 5.41) is 2.80. The van der Waals surface area contributed by atoms with Gasteiger partial charge in [-0.25, -0.2) is 4.98 Å². The molecule has 1 aliphatic heterocycles. The number of halogens is 4. The number of pyridine rings is 1. The number of benzene rings is 1. The lowest BCUT2D eigenvalue weighted by Gasteiger charge is -2.27. The van der Waals surface area contributed by atoms with Crippen molar-refractivity contribution in [2.45, 2.75) is 13.5 Å². The van der Waals surface area contributed by atoms with Gasteiger partial charge in [0.2, 0.25) is 0 Å². The number of aromatic nitrogens is 1. The van der Waals surface area contributed by atoms with Gasteiger partial charge in [0.1, 0.15) is 10.8 Å². The number of hydrogen-bond donors (Lipinski definition) is 1. The standard InChI is InChI=1S/C18H17Cl4N3OS/c1-10-11(9-25-5-7-27-8-6-25)3-2-4-12(10)23-18(26)16-14(20)13(19)15(21)17(22)24-16/h2-4H,5-9H2,1H3,(H,23,26). The molecule has 1 N–H and O–H groups in total. The molecule has 1 amide bonds. The van der Waals surface area contributed by atoms with Crippen molar-refractivity contribution in [1.29, 1.82) is 0 Å². The van der Waals surface area contributed by atoms with Crippen LogP contribution in [0.15, 0.2) is 18.2 Å². The zero-order valence-electron chi connectivity index (χ0n) is 14.5. The monoisotopic (exact) mass is 463 g/mol.